The molecule has 0 saturated heterocycles. The molecule has 1 saturated carbocycles. The first-order chi connectivity index (χ1) is 5.25. The van der Waals surface area contributed by atoms with Gasteiger partial charge in [0.15, 0.2) is 0 Å². The minimum atomic E-state index is -0.0880. The van der Waals surface area contributed by atoms with Crippen LogP contribution in [-0.2, 0) is 0 Å². The van der Waals surface area contributed by atoms with Crippen molar-refractivity contribution in [2.75, 3.05) is 0 Å². The zero-order valence-corrected chi connectivity index (χ0v) is 7.46. The van der Waals surface area contributed by atoms with Gasteiger partial charge >= 0.3 is 0 Å². The highest BCUT2D eigenvalue weighted by Crippen LogP contribution is 2.30. The molecule has 0 aliphatic heterocycles. The first-order valence-corrected chi connectivity index (χ1v) is 4.56. The largest absolute Gasteiger partial charge is 0.393 e. The van der Waals surface area contributed by atoms with E-state index in [4.69, 9.17) is 0 Å². The lowest BCUT2D eigenvalue weighted by Crippen LogP contribution is -2.29. The van der Waals surface area contributed by atoms with Crippen LogP contribution in [0.25, 0.3) is 0 Å². The Morgan fingerprint density at radius 3 is 2.64 bits per heavy atom. The molecule has 1 aliphatic rings. The van der Waals surface area contributed by atoms with Crippen molar-refractivity contribution in [2.45, 2.75) is 39.2 Å². The molecule has 0 aromatic rings. The van der Waals surface area contributed by atoms with Crippen LogP contribution in [0.2, 0.25) is 0 Å². The fourth-order valence-corrected chi connectivity index (χ4v) is 1.95. The van der Waals surface area contributed by atoms with Crippen molar-refractivity contribution in [2.24, 2.45) is 11.8 Å². The van der Waals surface area contributed by atoms with Gasteiger partial charge in [-0.25, -0.2) is 0 Å². The second-order valence-corrected chi connectivity index (χ2v) is 3.58. The second-order valence-electron chi connectivity index (χ2n) is 3.58. The molecule has 3 unspecified atom stereocenters. The Kier molecular flexibility index (Phi) is 3.13. The summed E-state index contributed by atoms with van der Waals surface area (Å²) in [6, 6.07) is 0. The van der Waals surface area contributed by atoms with Gasteiger partial charge in [0.1, 0.15) is 0 Å². The fraction of sp³-hybridized carbons (Fsp3) is 0.800. The maximum absolute atomic E-state index is 9.62. The molecule has 0 heterocycles. The summed E-state index contributed by atoms with van der Waals surface area (Å²) < 4.78 is 0. The third-order valence-corrected chi connectivity index (χ3v) is 2.68. The maximum atomic E-state index is 9.62. The molecular formula is C10H18O. The topological polar surface area (TPSA) is 20.2 Å². The van der Waals surface area contributed by atoms with Crippen molar-refractivity contribution in [1.29, 1.82) is 0 Å². The lowest BCUT2D eigenvalue weighted by molar-refractivity contribution is 0.0635. The van der Waals surface area contributed by atoms with Crippen LogP contribution in [0.3, 0.4) is 0 Å². The number of allylic oxidation sites excluding steroid dienone is 1. The van der Waals surface area contributed by atoms with Crippen LogP contribution in [0.1, 0.15) is 33.1 Å². The smallest absolute Gasteiger partial charge is 0.0605 e. The SMILES string of the molecule is C/C=C\C1C(C)CCCC1O. The summed E-state index contributed by atoms with van der Waals surface area (Å²) in [7, 11) is 0. The first-order valence-electron chi connectivity index (χ1n) is 4.56. The Morgan fingerprint density at radius 1 is 1.36 bits per heavy atom. The van der Waals surface area contributed by atoms with E-state index in [0.717, 1.165) is 6.42 Å². The second kappa shape index (κ2) is 3.91. The Bertz CT molecular complexity index is 130. The Hall–Kier alpha value is -0.300. The van der Waals surface area contributed by atoms with E-state index >= 15 is 0 Å². The Balaban J connectivity index is 2.55. The standard InChI is InChI=1S/C10H18O/c1-3-5-9-8(2)6-4-7-10(9)11/h3,5,8-11H,4,6-7H2,1-2H3/b5-3-. The van der Waals surface area contributed by atoms with Crippen molar-refractivity contribution in [3.05, 3.63) is 12.2 Å². The highest BCUT2D eigenvalue weighted by molar-refractivity contribution is 4.94. The highest BCUT2D eigenvalue weighted by atomic mass is 16.3. The van der Waals surface area contributed by atoms with Gasteiger partial charge in [0.2, 0.25) is 0 Å². The summed E-state index contributed by atoms with van der Waals surface area (Å²) >= 11 is 0. The van der Waals surface area contributed by atoms with Crippen LogP contribution in [0.4, 0.5) is 0 Å². The van der Waals surface area contributed by atoms with E-state index in [1.165, 1.54) is 12.8 Å². The molecule has 0 radical (unpaired) electrons. The molecule has 1 nitrogen and oxygen atoms in total. The summed E-state index contributed by atoms with van der Waals surface area (Å²) in [6.45, 7) is 4.25. The predicted molar refractivity (Wildman–Crippen MR) is 47.3 cm³/mol. The van der Waals surface area contributed by atoms with Crippen LogP contribution in [0.5, 0.6) is 0 Å². The average molecular weight is 154 g/mol. The molecule has 0 aromatic heterocycles. The molecule has 0 aromatic carbocycles. The van der Waals surface area contributed by atoms with Crippen LogP contribution in [-0.4, -0.2) is 11.2 Å². The lowest BCUT2D eigenvalue weighted by Gasteiger charge is -2.31. The zero-order valence-electron chi connectivity index (χ0n) is 7.46. The van der Waals surface area contributed by atoms with E-state index in [9.17, 15) is 5.11 Å². The van der Waals surface area contributed by atoms with Crippen LogP contribution in [0, 0.1) is 11.8 Å². The molecule has 11 heavy (non-hydrogen) atoms. The van der Waals surface area contributed by atoms with E-state index in [0.29, 0.717) is 11.8 Å². The third kappa shape index (κ3) is 2.06. The van der Waals surface area contributed by atoms with E-state index in [2.05, 4.69) is 19.1 Å². The molecule has 1 heteroatoms. The summed E-state index contributed by atoms with van der Waals surface area (Å²) in [5.74, 6) is 1.07. The molecular weight excluding hydrogens is 136 g/mol. The van der Waals surface area contributed by atoms with Gasteiger partial charge in [-0.2, -0.15) is 0 Å². The minimum Gasteiger partial charge on any atom is -0.393 e. The van der Waals surface area contributed by atoms with E-state index in [1.807, 2.05) is 6.92 Å². The maximum Gasteiger partial charge on any atom is 0.0605 e. The molecule has 64 valence electrons. The molecule has 3 atom stereocenters. The van der Waals surface area contributed by atoms with Gasteiger partial charge < -0.3 is 5.11 Å². The number of hydrogen-bond acceptors (Lipinski definition) is 1. The van der Waals surface area contributed by atoms with Crippen LogP contribution in [0.15, 0.2) is 12.2 Å². The fourth-order valence-electron chi connectivity index (χ4n) is 1.95. The summed E-state index contributed by atoms with van der Waals surface area (Å²) in [4.78, 5) is 0. The van der Waals surface area contributed by atoms with Crippen molar-refractivity contribution in [3.8, 4) is 0 Å². The van der Waals surface area contributed by atoms with Crippen molar-refractivity contribution in [3.63, 3.8) is 0 Å². The number of hydrogen-bond donors (Lipinski definition) is 1. The van der Waals surface area contributed by atoms with Crippen LogP contribution < -0.4 is 0 Å². The summed E-state index contributed by atoms with van der Waals surface area (Å²) in [6.07, 6.45) is 7.56. The third-order valence-electron chi connectivity index (χ3n) is 2.68. The Labute approximate surface area is 69.1 Å². The van der Waals surface area contributed by atoms with Crippen molar-refractivity contribution >= 4 is 0 Å². The minimum absolute atomic E-state index is 0.0880. The van der Waals surface area contributed by atoms with Gasteiger partial charge in [-0.3, -0.25) is 0 Å². The van der Waals surface area contributed by atoms with Gasteiger partial charge in [-0.05, 0) is 25.7 Å². The monoisotopic (exact) mass is 154 g/mol. The molecule has 0 bridgehead atoms. The van der Waals surface area contributed by atoms with Gasteiger partial charge in [0.05, 0.1) is 6.10 Å². The Morgan fingerprint density at radius 2 is 2.09 bits per heavy atom. The first kappa shape index (κ1) is 8.79. The molecule has 1 fully saturated rings. The van der Waals surface area contributed by atoms with Gasteiger partial charge in [0.25, 0.3) is 0 Å². The normalized spacial score (nSPS) is 39.7. The molecule has 1 aliphatic carbocycles. The average Bonchev–Trinajstić information content (AvgIpc) is 1.97. The molecule has 1 N–H and O–H groups in total. The molecule has 0 amide bonds. The zero-order chi connectivity index (χ0) is 8.27. The van der Waals surface area contributed by atoms with Crippen molar-refractivity contribution < 1.29 is 5.11 Å². The van der Waals surface area contributed by atoms with E-state index in [-0.39, 0.29) is 6.10 Å². The number of aliphatic hydroxyl groups is 1. The van der Waals surface area contributed by atoms with Crippen molar-refractivity contribution in [1.82, 2.24) is 0 Å². The van der Waals surface area contributed by atoms with E-state index < -0.39 is 0 Å². The summed E-state index contributed by atoms with van der Waals surface area (Å²) in [5, 5.41) is 9.62. The van der Waals surface area contributed by atoms with Crippen LogP contribution >= 0.6 is 0 Å². The van der Waals surface area contributed by atoms with Gasteiger partial charge in [-0.1, -0.05) is 25.5 Å². The molecule has 1 rings (SSSR count). The number of aliphatic hydroxyl groups excluding tert-OH is 1. The predicted octanol–water partition coefficient (Wildman–Crippen LogP) is 2.36. The molecule has 0 spiro atoms. The van der Waals surface area contributed by atoms with Gasteiger partial charge in [0, 0.05) is 5.92 Å². The highest BCUT2D eigenvalue weighted by Gasteiger charge is 2.26. The summed E-state index contributed by atoms with van der Waals surface area (Å²) in [5.41, 5.74) is 0. The number of rotatable bonds is 1. The van der Waals surface area contributed by atoms with Gasteiger partial charge in [-0.15, -0.1) is 0 Å². The quantitative estimate of drug-likeness (QED) is 0.575. The van der Waals surface area contributed by atoms with E-state index in [1.54, 1.807) is 0 Å². The lowest BCUT2D eigenvalue weighted by atomic mass is 9.78.